The van der Waals surface area contributed by atoms with Crippen molar-refractivity contribution >= 4 is 22.1 Å². The van der Waals surface area contributed by atoms with Gasteiger partial charge in [-0.3, -0.25) is 0 Å². The van der Waals surface area contributed by atoms with Crippen LogP contribution in [0.4, 0.5) is 4.79 Å². The molecule has 0 aromatic heterocycles. The van der Waals surface area contributed by atoms with Crippen LogP contribution in [0.5, 0.6) is 5.75 Å². The van der Waals surface area contributed by atoms with Crippen LogP contribution in [0, 0.1) is 17.8 Å². The molecule has 0 bridgehead atoms. The smallest absolute Gasteiger partial charge is 0.497 e. The van der Waals surface area contributed by atoms with E-state index in [1.165, 1.54) is 0 Å². The number of rotatable bonds is 14. The van der Waals surface area contributed by atoms with Crippen LogP contribution in [-0.4, -0.2) is 73.2 Å². The average molecular weight is 652 g/mol. The second-order valence-corrected chi connectivity index (χ2v) is 12.4. The molecule has 10 atom stereocenters. The van der Waals surface area contributed by atoms with Crippen molar-refractivity contribution in [2.24, 2.45) is 17.8 Å². The number of carbonyl (C=O) groups excluding carboxylic acids is 1. The number of methoxy groups -OCH3 is 2. The highest BCUT2D eigenvalue weighted by Gasteiger charge is 2.57. The Morgan fingerprint density at radius 1 is 1.00 bits per heavy atom. The van der Waals surface area contributed by atoms with Gasteiger partial charge in [0.25, 0.3) is 0 Å². The zero-order valence-electron chi connectivity index (χ0n) is 25.1. The third-order valence-electron chi connectivity index (χ3n) is 8.53. The fourth-order valence-electron chi connectivity index (χ4n) is 6.08. The van der Waals surface area contributed by atoms with E-state index in [1.807, 2.05) is 75.4 Å². The summed E-state index contributed by atoms with van der Waals surface area (Å²) < 4.78 is 41.1. The summed E-state index contributed by atoms with van der Waals surface area (Å²) in [5, 5.41) is 11.4. The van der Waals surface area contributed by atoms with Crippen molar-refractivity contribution in [1.82, 2.24) is 0 Å². The molecule has 2 heterocycles. The quantitative estimate of drug-likeness (QED) is 0.210. The Hall–Kier alpha value is -2.21. The Kier molecular flexibility index (Phi) is 11.3. The molecule has 1 N–H and O–H groups in total. The lowest BCUT2D eigenvalue weighted by Crippen LogP contribution is -2.55. The van der Waals surface area contributed by atoms with E-state index in [0.29, 0.717) is 6.61 Å². The summed E-state index contributed by atoms with van der Waals surface area (Å²) in [5.41, 5.74) is 1.17. The molecule has 2 saturated heterocycles. The fraction of sp³-hybridized carbons (Fsp3) is 0.594. The number of halogens is 1. The lowest BCUT2D eigenvalue weighted by Gasteiger charge is -2.44. The van der Waals surface area contributed by atoms with E-state index in [1.54, 1.807) is 14.2 Å². The summed E-state index contributed by atoms with van der Waals surface area (Å²) in [5.74, 6) is 0.0469. The molecule has 2 fully saturated rings. The maximum absolute atomic E-state index is 11.7. The molecule has 2 aromatic carbocycles. The van der Waals surface area contributed by atoms with Crippen LogP contribution in [-0.2, 0) is 41.6 Å². The first-order valence-electron chi connectivity index (χ1n) is 14.3. The molecule has 0 unspecified atom stereocenters. The van der Waals surface area contributed by atoms with Gasteiger partial charge < -0.3 is 38.3 Å². The standard InChI is InChI=1S/C32H43BrO9/c1-19(26(34)25-18-40-31(35)41-25)27(38-16-23-12-14-24(36-5)15-13-23)20(2)29(39-17-22-10-8-7-9-11-22)32(4)28(33)21(3)30(37-6)42-32/h7-15,19-21,25-30,34H,16-18H2,1-6H3/t19-,20-,21+,25-,26-,27+,28+,29+,30+,32+/m0/s1. The van der Waals surface area contributed by atoms with E-state index in [-0.39, 0.29) is 29.9 Å². The monoisotopic (exact) mass is 650 g/mol. The Morgan fingerprint density at radius 2 is 1.64 bits per heavy atom. The molecule has 2 aliphatic heterocycles. The maximum Gasteiger partial charge on any atom is 0.508 e. The van der Waals surface area contributed by atoms with E-state index >= 15 is 0 Å². The first-order valence-corrected chi connectivity index (χ1v) is 15.3. The molecule has 9 nitrogen and oxygen atoms in total. The number of benzene rings is 2. The minimum Gasteiger partial charge on any atom is -0.497 e. The summed E-state index contributed by atoms with van der Waals surface area (Å²) >= 11 is 3.91. The van der Waals surface area contributed by atoms with Gasteiger partial charge in [0.1, 0.15) is 18.0 Å². The van der Waals surface area contributed by atoms with Crippen LogP contribution in [0.15, 0.2) is 54.6 Å². The van der Waals surface area contributed by atoms with E-state index in [9.17, 15) is 9.90 Å². The van der Waals surface area contributed by atoms with Crippen LogP contribution < -0.4 is 4.74 Å². The Balaban J connectivity index is 1.65. The van der Waals surface area contributed by atoms with Crippen LogP contribution in [0.2, 0.25) is 0 Å². The molecule has 232 valence electrons. The van der Waals surface area contributed by atoms with Crippen molar-refractivity contribution in [3.8, 4) is 5.75 Å². The molecular weight excluding hydrogens is 608 g/mol. The Morgan fingerprint density at radius 3 is 2.21 bits per heavy atom. The van der Waals surface area contributed by atoms with Gasteiger partial charge in [-0.1, -0.05) is 79.2 Å². The largest absolute Gasteiger partial charge is 0.508 e. The molecule has 42 heavy (non-hydrogen) atoms. The second kappa shape index (κ2) is 14.5. The molecule has 0 aliphatic carbocycles. The number of cyclic esters (lactones) is 2. The van der Waals surface area contributed by atoms with Gasteiger partial charge >= 0.3 is 6.16 Å². The normalized spacial score (nSPS) is 29.3. The highest BCUT2D eigenvalue weighted by Crippen LogP contribution is 2.47. The van der Waals surface area contributed by atoms with Crippen LogP contribution in [0.25, 0.3) is 0 Å². The summed E-state index contributed by atoms with van der Waals surface area (Å²) in [6.07, 6.45) is -4.05. The van der Waals surface area contributed by atoms with Gasteiger partial charge in [0.2, 0.25) is 0 Å². The number of hydrogen-bond donors (Lipinski definition) is 1. The molecule has 0 spiro atoms. The predicted octanol–water partition coefficient (Wildman–Crippen LogP) is 5.50. The minimum absolute atomic E-state index is 0.0187. The van der Waals surface area contributed by atoms with Crippen molar-refractivity contribution in [3.05, 3.63) is 65.7 Å². The summed E-state index contributed by atoms with van der Waals surface area (Å²) in [6.45, 7) is 8.68. The first kappa shape index (κ1) is 32.7. The van der Waals surface area contributed by atoms with E-state index in [0.717, 1.165) is 16.9 Å². The highest BCUT2D eigenvalue weighted by atomic mass is 79.9. The van der Waals surface area contributed by atoms with E-state index in [4.69, 9.17) is 33.2 Å². The van der Waals surface area contributed by atoms with Gasteiger partial charge in [0.05, 0.1) is 43.5 Å². The van der Waals surface area contributed by atoms with Gasteiger partial charge in [0.15, 0.2) is 12.4 Å². The predicted molar refractivity (Wildman–Crippen MR) is 159 cm³/mol. The van der Waals surface area contributed by atoms with Crippen molar-refractivity contribution in [2.45, 2.75) is 82.0 Å². The number of aliphatic hydroxyl groups excluding tert-OH is 1. The van der Waals surface area contributed by atoms with Gasteiger partial charge in [-0.25, -0.2) is 4.79 Å². The summed E-state index contributed by atoms with van der Waals surface area (Å²) in [4.78, 5) is 11.6. The van der Waals surface area contributed by atoms with Crippen LogP contribution in [0.1, 0.15) is 38.8 Å². The summed E-state index contributed by atoms with van der Waals surface area (Å²) in [6, 6.07) is 17.6. The maximum atomic E-state index is 11.7. The van der Waals surface area contributed by atoms with Gasteiger partial charge in [0, 0.05) is 24.9 Å². The number of hydrogen-bond acceptors (Lipinski definition) is 9. The molecule has 2 aromatic rings. The number of ether oxygens (including phenoxy) is 7. The SMILES string of the molecule is COc1ccc(CO[C@H]([C@@H](C)[C@H](O)[C@@H]2COC(=O)O2)[C@H](C)[C@@H](OCc2ccccc2)[C@]2(C)O[C@@H](OC)[C@H](C)[C@H]2Br)cc1. The lowest BCUT2D eigenvalue weighted by molar-refractivity contribution is -0.221. The average Bonchev–Trinajstić information content (AvgIpc) is 3.54. The third-order valence-corrected chi connectivity index (χ3v) is 10.3. The fourth-order valence-corrected chi connectivity index (χ4v) is 6.70. The molecule has 0 radical (unpaired) electrons. The zero-order valence-corrected chi connectivity index (χ0v) is 26.7. The molecular formula is C32H43BrO9. The van der Waals surface area contributed by atoms with Crippen molar-refractivity contribution in [1.29, 1.82) is 0 Å². The van der Waals surface area contributed by atoms with Crippen molar-refractivity contribution in [3.63, 3.8) is 0 Å². The third kappa shape index (κ3) is 7.29. The highest BCUT2D eigenvalue weighted by molar-refractivity contribution is 9.09. The van der Waals surface area contributed by atoms with Gasteiger partial charge in [-0.2, -0.15) is 0 Å². The molecule has 4 rings (SSSR count). The zero-order chi connectivity index (χ0) is 30.4. The van der Waals surface area contributed by atoms with Gasteiger partial charge in [-0.05, 0) is 30.2 Å². The topological polar surface area (TPSA) is 102 Å². The van der Waals surface area contributed by atoms with Crippen LogP contribution in [0.3, 0.4) is 0 Å². The molecule has 10 heteroatoms. The first-order chi connectivity index (χ1) is 20.1. The summed E-state index contributed by atoms with van der Waals surface area (Å²) in [7, 11) is 3.26. The van der Waals surface area contributed by atoms with Gasteiger partial charge in [-0.15, -0.1) is 0 Å². The molecule has 2 aliphatic rings. The van der Waals surface area contributed by atoms with E-state index < -0.39 is 48.4 Å². The Bertz CT molecular complexity index is 1130. The molecule has 0 amide bonds. The minimum atomic E-state index is -1.03. The number of carbonyl (C=O) groups is 1. The lowest BCUT2D eigenvalue weighted by atomic mass is 9.77. The number of aliphatic hydroxyl groups is 1. The van der Waals surface area contributed by atoms with Crippen LogP contribution >= 0.6 is 15.9 Å². The second-order valence-electron chi connectivity index (χ2n) is 11.4. The van der Waals surface area contributed by atoms with Crippen molar-refractivity contribution < 1.29 is 43.1 Å². The van der Waals surface area contributed by atoms with E-state index in [2.05, 4.69) is 22.9 Å². The molecule has 0 saturated carbocycles. The Labute approximate surface area is 256 Å². The van der Waals surface area contributed by atoms with Crippen molar-refractivity contribution in [2.75, 3.05) is 20.8 Å². The number of alkyl halides is 1.